The molecular weight excluding hydrogens is 471 g/mol. The van der Waals surface area contributed by atoms with E-state index in [2.05, 4.69) is 17.5 Å². The smallest absolute Gasteiger partial charge is 0.242 e. The number of amides is 2. The second-order valence-electron chi connectivity index (χ2n) is 8.66. The number of carbonyl (C=O) groups is 2. The van der Waals surface area contributed by atoms with Crippen molar-refractivity contribution in [2.75, 3.05) is 10.2 Å². The molecule has 8 heteroatoms. The average molecular weight is 485 g/mol. The molecule has 1 saturated carbocycles. The molecular formula is C26H14Cl2N4O2. The standard InChI is InChI=1S/C26H14Cl2N4O2/c27-16-6-8-18-20(10-16)31-22(33)25(18)24(13-29,14-30)26(25)19-9-7-17(28)11-21(19)32(23(26)34)12-15-4-2-1-3-5-15/h1-11H,12H2,(H,31,33)/t25-,26-/m1/s1. The van der Waals surface area contributed by atoms with Gasteiger partial charge in [0.05, 0.1) is 18.7 Å². The Kier molecular flexibility index (Phi) is 4.03. The molecule has 0 unspecified atom stereocenters. The first-order valence-corrected chi connectivity index (χ1v) is 11.2. The van der Waals surface area contributed by atoms with Crippen LogP contribution in [0.2, 0.25) is 10.0 Å². The maximum Gasteiger partial charge on any atom is 0.242 e. The van der Waals surface area contributed by atoms with E-state index in [-0.39, 0.29) is 6.54 Å². The van der Waals surface area contributed by atoms with E-state index in [1.807, 2.05) is 30.3 Å². The molecule has 3 aliphatic rings. The number of hydrogen-bond acceptors (Lipinski definition) is 4. The van der Waals surface area contributed by atoms with Gasteiger partial charge in [0.15, 0.2) is 5.41 Å². The Morgan fingerprint density at radius 3 is 2.18 bits per heavy atom. The van der Waals surface area contributed by atoms with Crippen LogP contribution < -0.4 is 10.2 Å². The fraction of sp³-hybridized carbons (Fsp3) is 0.154. The van der Waals surface area contributed by atoms with Gasteiger partial charge in [0.2, 0.25) is 11.8 Å². The van der Waals surface area contributed by atoms with Crippen LogP contribution in [0.1, 0.15) is 16.7 Å². The molecule has 2 amide bonds. The van der Waals surface area contributed by atoms with Gasteiger partial charge in [0.25, 0.3) is 0 Å². The molecule has 1 fully saturated rings. The summed E-state index contributed by atoms with van der Waals surface area (Å²) in [5, 5.41) is 24.4. The summed E-state index contributed by atoms with van der Waals surface area (Å²) in [6, 6.07) is 23.2. The normalized spacial score (nSPS) is 25.0. The lowest BCUT2D eigenvalue weighted by atomic mass is 9.83. The summed E-state index contributed by atoms with van der Waals surface area (Å²) in [7, 11) is 0. The lowest BCUT2D eigenvalue weighted by Crippen LogP contribution is -2.38. The van der Waals surface area contributed by atoms with Gasteiger partial charge in [-0.15, -0.1) is 0 Å². The molecule has 2 spiro atoms. The third kappa shape index (κ3) is 2.03. The third-order valence-electron chi connectivity index (χ3n) is 7.34. The molecule has 34 heavy (non-hydrogen) atoms. The monoisotopic (exact) mass is 484 g/mol. The predicted octanol–water partition coefficient (Wildman–Crippen LogP) is 4.72. The minimum absolute atomic E-state index is 0.201. The molecule has 0 saturated heterocycles. The van der Waals surface area contributed by atoms with Gasteiger partial charge in [-0.2, -0.15) is 10.5 Å². The van der Waals surface area contributed by atoms with Gasteiger partial charge in [-0.1, -0.05) is 65.7 Å². The number of carbonyl (C=O) groups excluding carboxylic acids is 2. The summed E-state index contributed by atoms with van der Waals surface area (Å²) in [4.78, 5) is 29.5. The van der Waals surface area contributed by atoms with Crippen molar-refractivity contribution >= 4 is 46.4 Å². The Morgan fingerprint density at radius 1 is 0.853 bits per heavy atom. The minimum Gasteiger partial charge on any atom is -0.325 e. The Labute approximate surface area is 204 Å². The zero-order valence-electron chi connectivity index (χ0n) is 17.5. The molecule has 2 aliphatic heterocycles. The quantitative estimate of drug-likeness (QED) is 0.569. The van der Waals surface area contributed by atoms with Crippen LogP contribution in [0, 0.1) is 28.1 Å². The zero-order chi connectivity index (χ0) is 23.9. The first-order chi connectivity index (χ1) is 16.4. The second kappa shape index (κ2) is 6.61. The number of fused-ring (bicyclic) bond motifs is 5. The highest BCUT2D eigenvalue weighted by molar-refractivity contribution is 6.33. The number of halogens is 2. The van der Waals surface area contributed by atoms with E-state index in [0.29, 0.717) is 32.5 Å². The van der Waals surface area contributed by atoms with E-state index in [0.717, 1.165) is 5.56 Å². The van der Waals surface area contributed by atoms with Crippen LogP contribution in [-0.2, 0) is 27.0 Å². The Morgan fingerprint density at radius 2 is 1.50 bits per heavy atom. The topological polar surface area (TPSA) is 97.0 Å². The number of hydrogen-bond donors (Lipinski definition) is 1. The number of anilines is 2. The van der Waals surface area contributed by atoms with E-state index in [1.165, 1.54) is 4.90 Å². The van der Waals surface area contributed by atoms with Gasteiger partial charge in [-0.05, 0) is 41.0 Å². The van der Waals surface area contributed by atoms with Crippen molar-refractivity contribution in [2.24, 2.45) is 5.41 Å². The highest BCUT2D eigenvalue weighted by Crippen LogP contribution is 2.83. The summed E-state index contributed by atoms with van der Waals surface area (Å²) in [5.41, 5.74) is -2.78. The summed E-state index contributed by atoms with van der Waals surface area (Å²) in [6.07, 6.45) is 0. The lowest BCUT2D eigenvalue weighted by Gasteiger charge is -2.19. The molecule has 3 aromatic rings. The van der Waals surface area contributed by atoms with Crippen LogP contribution in [0.15, 0.2) is 66.7 Å². The fourth-order valence-corrected chi connectivity index (χ4v) is 6.41. The Hall–Kier alpha value is -3.84. The van der Waals surface area contributed by atoms with Crippen molar-refractivity contribution < 1.29 is 9.59 Å². The van der Waals surface area contributed by atoms with E-state index >= 15 is 0 Å². The van der Waals surface area contributed by atoms with Gasteiger partial charge < -0.3 is 10.2 Å². The average Bonchev–Trinajstić information content (AvgIpc) is 3.15. The van der Waals surface area contributed by atoms with Crippen molar-refractivity contribution in [2.45, 2.75) is 17.4 Å². The van der Waals surface area contributed by atoms with E-state index in [4.69, 9.17) is 23.2 Å². The number of nitrogens with one attached hydrogen (secondary N) is 1. The van der Waals surface area contributed by atoms with Crippen LogP contribution in [0.3, 0.4) is 0 Å². The predicted molar refractivity (Wildman–Crippen MR) is 126 cm³/mol. The summed E-state index contributed by atoms with van der Waals surface area (Å²) in [6.45, 7) is 0.201. The van der Waals surface area contributed by atoms with Crippen molar-refractivity contribution in [3.63, 3.8) is 0 Å². The van der Waals surface area contributed by atoms with Gasteiger partial charge in [-0.25, -0.2) is 0 Å². The van der Waals surface area contributed by atoms with Crippen molar-refractivity contribution in [3.8, 4) is 12.1 Å². The van der Waals surface area contributed by atoms with Crippen LogP contribution in [0.5, 0.6) is 0 Å². The van der Waals surface area contributed by atoms with Gasteiger partial charge in [-0.3, -0.25) is 9.59 Å². The summed E-state index contributed by atoms with van der Waals surface area (Å²) in [5.74, 6) is -1.04. The molecule has 0 aromatic heterocycles. The van der Waals surface area contributed by atoms with Gasteiger partial charge in [0, 0.05) is 21.4 Å². The van der Waals surface area contributed by atoms with Crippen LogP contribution in [-0.4, -0.2) is 11.8 Å². The van der Waals surface area contributed by atoms with Crippen LogP contribution in [0.25, 0.3) is 0 Å². The first-order valence-electron chi connectivity index (χ1n) is 10.5. The molecule has 1 N–H and O–H groups in total. The van der Waals surface area contributed by atoms with Crippen molar-refractivity contribution in [1.82, 2.24) is 0 Å². The largest absolute Gasteiger partial charge is 0.325 e. The SMILES string of the molecule is N#CC1(C#N)[C@@]2(C(=O)Nc3cc(Cl)ccc32)[C@]12C(=O)N(Cc1ccccc1)c1cc(Cl)ccc12. The maximum absolute atomic E-state index is 14.4. The van der Waals surface area contributed by atoms with Crippen molar-refractivity contribution in [3.05, 3.63) is 93.5 Å². The number of nitriles is 2. The van der Waals surface area contributed by atoms with Crippen LogP contribution in [0.4, 0.5) is 11.4 Å². The van der Waals surface area contributed by atoms with Gasteiger partial charge >= 0.3 is 0 Å². The molecule has 0 radical (unpaired) electrons. The van der Waals surface area contributed by atoms with E-state index in [1.54, 1.807) is 36.4 Å². The Balaban J connectivity index is 1.66. The van der Waals surface area contributed by atoms with Crippen LogP contribution >= 0.6 is 23.2 Å². The van der Waals surface area contributed by atoms with Gasteiger partial charge in [0.1, 0.15) is 10.8 Å². The van der Waals surface area contributed by atoms with E-state index in [9.17, 15) is 20.1 Å². The molecule has 6 nitrogen and oxygen atoms in total. The lowest BCUT2D eigenvalue weighted by molar-refractivity contribution is -0.124. The Bertz CT molecular complexity index is 1510. The maximum atomic E-state index is 14.4. The number of rotatable bonds is 2. The van der Waals surface area contributed by atoms with E-state index < -0.39 is 28.1 Å². The number of nitrogens with zero attached hydrogens (tertiary/aromatic N) is 3. The summed E-state index contributed by atoms with van der Waals surface area (Å²) < 4.78 is 0. The molecule has 2 heterocycles. The third-order valence-corrected chi connectivity index (χ3v) is 7.81. The fourth-order valence-electron chi connectivity index (χ4n) is 6.07. The molecule has 1 aliphatic carbocycles. The first kappa shape index (κ1) is 20.7. The molecule has 0 bridgehead atoms. The highest BCUT2D eigenvalue weighted by atomic mass is 35.5. The number of benzene rings is 3. The van der Waals surface area contributed by atoms with Crippen molar-refractivity contribution in [1.29, 1.82) is 10.5 Å². The minimum atomic E-state index is -1.95. The highest BCUT2D eigenvalue weighted by Gasteiger charge is 3.00. The molecule has 2 atom stereocenters. The molecule has 3 aromatic carbocycles. The molecule has 164 valence electrons. The second-order valence-corrected chi connectivity index (χ2v) is 9.53. The molecule has 6 rings (SSSR count). The summed E-state index contributed by atoms with van der Waals surface area (Å²) >= 11 is 12.5. The zero-order valence-corrected chi connectivity index (χ0v) is 19.0.